The van der Waals surface area contributed by atoms with E-state index in [0.717, 1.165) is 25.1 Å². The monoisotopic (exact) mass is 449 g/mol. The first-order chi connectivity index (χ1) is 14.7. The van der Waals surface area contributed by atoms with Gasteiger partial charge in [-0.3, -0.25) is 30.3 Å². The highest BCUT2D eigenvalue weighted by Gasteiger charge is 2.25. The molecule has 164 valence electrons. The van der Waals surface area contributed by atoms with E-state index in [1.165, 1.54) is 12.1 Å². The fourth-order valence-electron chi connectivity index (χ4n) is 3.25. The molecule has 0 aliphatic carbocycles. The van der Waals surface area contributed by atoms with Crippen molar-refractivity contribution in [1.29, 1.82) is 0 Å². The molecule has 1 amide bonds. The van der Waals surface area contributed by atoms with Crippen molar-refractivity contribution in [2.45, 2.75) is 19.8 Å². The highest BCUT2D eigenvalue weighted by atomic mass is 32.1. The zero-order chi connectivity index (χ0) is 22.5. The van der Waals surface area contributed by atoms with Crippen LogP contribution in [0.3, 0.4) is 0 Å². The van der Waals surface area contributed by atoms with Gasteiger partial charge in [0, 0.05) is 19.2 Å². The zero-order valence-corrected chi connectivity index (χ0v) is 17.3. The van der Waals surface area contributed by atoms with Crippen LogP contribution in [-0.4, -0.2) is 46.4 Å². The summed E-state index contributed by atoms with van der Waals surface area (Å²) in [5, 5.41) is 24.2. The molecular weight excluding hydrogens is 430 g/mol. The fraction of sp³-hybridized carbons (Fsp3) is 0.389. The molecule has 2 heterocycles. The minimum absolute atomic E-state index is 0.0106. The third kappa shape index (κ3) is 5.51. The summed E-state index contributed by atoms with van der Waals surface area (Å²) < 4.78 is 4.91. The standard InChI is InChI=1S/C18H19N5O7S/c1-11-3-2-6-21(9-11)13-5-4-12(7-14(13)22(26)27)17(25)30-10-15(24)20-18-19-8-16(31-18)23(28)29/h4-5,7-8,11H,2-3,6,9-10H2,1H3,(H,19,20,24). The molecule has 2 aromatic rings. The number of hydrogen-bond donors (Lipinski definition) is 1. The summed E-state index contributed by atoms with van der Waals surface area (Å²) in [4.78, 5) is 50.8. The van der Waals surface area contributed by atoms with Crippen LogP contribution in [0.5, 0.6) is 0 Å². The van der Waals surface area contributed by atoms with Crippen LogP contribution in [0.1, 0.15) is 30.1 Å². The van der Waals surface area contributed by atoms with E-state index in [9.17, 15) is 29.8 Å². The first-order valence-electron chi connectivity index (χ1n) is 9.35. The minimum Gasteiger partial charge on any atom is -0.452 e. The number of nitrogens with zero attached hydrogens (tertiary/aromatic N) is 4. The topological polar surface area (TPSA) is 158 Å². The molecule has 13 heteroatoms. The molecule has 12 nitrogen and oxygen atoms in total. The first-order valence-corrected chi connectivity index (χ1v) is 10.2. The van der Waals surface area contributed by atoms with Crippen LogP contribution in [0.4, 0.5) is 21.5 Å². The number of nitro groups is 2. The second-order valence-corrected chi connectivity index (χ2v) is 8.05. The molecular formula is C18H19N5O7S. The zero-order valence-electron chi connectivity index (χ0n) is 16.5. The van der Waals surface area contributed by atoms with Crippen LogP contribution in [0.15, 0.2) is 24.4 Å². The lowest BCUT2D eigenvalue weighted by Crippen LogP contribution is -2.34. The maximum atomic E-state index is 12.3. The number of amides is 1. The molecule has 1 atom stereocenters. The van der Waals surface area contributed by atoms with Crippen LogP contribution in [-0.2, 0) is 9.53 Å². The van der Waals surface area contributed by atoms with Crippen molar-refractivity contribution in [3.8, 4) is 0 Å². The summed E-state index contributed by atoms with van der Waals surface area (Å²) in [6.07, 6.45) is 2.99. The molecule has 0 spiro atoms. The number of hydrogen-bond acceptors (Lipinski definition) is 10. The number of thiazole rings is 1. The summed E-state index contributed by atoms with van der Waals surface area (Å²) in [5.74, 6) is -1.23. The van der Waals surface area contributed by atoms with Gasteiger partial charge >= 0.3 is 11.0 Å². The number of carbonyl (C=O) groups is 2. The second-order valence-electron chi connectivity index (χ2n) is 7.04. The molecule has 1 aliphatic heterocycles. The predicted octanol–water partition coefficient (Wildman–Crippen LogP) is 2.99. The van der Waals surface area contributed by atoms with Crippen LogP contribution in [0, 0.1) is 26.1 Å². The van der Waals surface area contributed by atoms with E-state index in [2.05, 4.69) is 17.2 Å². The Morgan fingerprint density at radius 1 is 1.32 bits per heavy atom. The smallest absolute Gasteiger partial charge is 0.345 e. The molecule has 1 aromatic carbocycles. The molecule has 1 fully saturated rings. The maximum absolute atomic E-state index is 12.3. The van der Waals surface area contributed by atoms with Crippen molar-refractivity contribution in [3.05, 3.63) is 50.2 Å². The maximum Gasteiger partial charge on any atom is 0.345 e. The number of anilines is 2. The molecule has 1 aliphatic rings. The molecule has 1 aromatic heterocycles. The number of piperidine rings is 1. The van der Waals surface area contributed by atoms with Crippen LogP contribution >= 0.6 is 11.3 Å². The first kappa shape index (κ1) is 22.1. The average Bonchev–Trinajstić information content (AvgIpc) is 3.20. The lowest BCUT2D eigenvalue weighted by molar-refractivity contribution is -0.384. The van der Waals surface area contributed by atoms with Crippen LogP contribution < -0.4 is 10.2 Å². The van der Waals surface area contributed by atoms with Gasteiger partial charge in [-0.05, 0) is 42.2 Å². The van der Waals surface area contributed by atoms with Crippen molar-refractivity contribution in [3.63, 3.8) is 0 Å². The molecule has 0 saturated carbocycles. The third-order valence-electron chi connectivity index (χ3n) is 4.66. The average molecular weight is 449 g/mol. The molecule has 1 N–H and O–H groups in total. The van der Waals surface area contributed by atoms with Crippen LogP contribution in [0.25, 0.3) is 0 Å². The summed E-state index contributed by atoms with van der Waals surface area (Å²) >= 11 is 0.658. The number of esters is 1. The van der Waals surface area contributed by atoms with E-state index in [1.54, 1.807) is 0 Å². The Labute approximate surface area is 180 Å². The Bertz CT molecular complexity index is 1020. The molecule has 1 unspecified atom stereocenters. The number of rotatable bonds is 7. The lowest BCUT2D eigenvalue weighted by atomic mass is 9.99. The fourth-order valence-corrected chi connectivity index (χ4v) is 3.90. The van der Waals surface area contributed by atoms with Gasteiger partial charge in [0.15, 0.2) is 11.7 Å². The van der Waals surface area contributed by atoms with E-state index in [1.807, 2.05) is 4.90 Å². The van der Waals surface area contributed by atoms with E-state index in [-0.39, 0.29) is 21.4 Å². The van der Waals surface area contributed by atoms with Gasteiger partial charge in [-0.25, -0.2) is 9.78 Å². The van der Waals surface area contributed by atoms with Gasteiger partial charge < -0.3 is 9.64 Å². The predicted molar refractivity (Wildman–Crippen MR) is 111 cm³/mol. The van der Waals surface area contributed by atoms with E-state index >= 15 is 0 Å². The molecule has 1 saturated heterocycles. The number of carbonyl (C=O) groups excluding carboxylic acids is 2. The van der Waals surface area contributed by atoms with Crippen LogP contribution in [0.2, 0.25) is 0 Å². The quantitative estimate of drug-likeness (QED) is 0.381. The van der Waals surface area contributed by atoms with Gasteiger partial charge in [0.1, 0.15) is 11.9 Å². The number of ether oxygens (including phenoxy) is 1. The second kappa shape index (κ2) is 9.47. The summed E-state index contributed by atoms with van der Waals surface area (Å²) in [5.41, 5.74) is 0.178. The number of nitrogens with one attached hydrogen (secondary N) is 1. The number of nitro benzene ring substituents is 1. The van der Waals surface area contributed by atoms with Crippen molar-refractivity contribution >= 4 is 44.7 Å². The van der Waals surface area contributed by atoms with E-state index in [0.29, 0.717) is 36.0 Å². The van der Waals surface area contributed by atoms with Crippen molar-refractivity contribution in [2.75, 3.05) is 29.9 Å². The Morgan fingerprint density at radius 3 is 2.74 bits per heavy atom. The van der Waals surface area contributed by atoms with Gasteiger partial charge in [0.25, 0.3) is 11.6 Å². The van der Waals surface area contributed by atoms with Gasteiger partial charge in [-0.1, -0.05) is 6.92 Å². The normalized spacial score (nSPS) is 15.9. The largest absolute Gasteiger partial charge is 0.452 e. The SMILES string of the molecule is CC1CCCN(c2ccc(C(=O)OCC(=O)Nc3ncc([N+](=O)[O-])s3)cc2[N+](=O)[O-])C1. The highest BCUT2D eigenvalue weighted by molar-refractivity contribution is 7.18. The van der Waals surface area contributed by atoms with Crippen molar-refractivity contribution in [2.24, 2.45) is 5.92 Å². The summed E-state index contributed by atoms with van der Waals surface area (Å²) in [6, 6.07) is 4.08. The highest BCUT2D eigenvalue weighted by Crippen LogP contribution is 2.32. The minimum atomic E-state index is -0.901. The molecule has 0 radical (unpaired) electrons. The Balaban J connectivity index is 1.64. The van der Waals surface area contributed by atoms with Gasteiger partial charge in [-0.2, -0.15) is 0 Å². The summed E-state index contributed by atoms with van der Waals surface area (Å²) in [7, 11) is 0. The van der Waals surface area contributed by atoms with Gasteiger partial charge in [0.2, 0.25) is 0 Å². The Morgan fingerprint density at radius 2 is 2.10 bits per heavy atom. The Kier molecular flexibility index (Phi) is 6.74. The Hall–Kier alpha value is -3.61. The van der Waals surface area contributed by atoms with E-state index < -0.39 is 28.3 Å². The van der Waals surface area contributed by atoms with Gasteiger partial charge in [-0.15, -0.1) is 0 Å². The number of benzene rings is 1. The molecule has 0 bridgehead atoms. The van der Waals surface area contributed by atoms with Crippen molar-refractivity contribution in [1.82, 2.24) is 4.98 Å². The molecule has 3 rings (SSSR count). The number of aromatic nitrogens is 1. The lowest BCUT2D eigenvalue weighted by Gasteiger charge is -2.32. The third-order valence-corrected chi connectivity index (χ3v) is 5.52. The van der Waals surface area contributed by atoms with E-state index in [4.69, 9.17) is 4.74 Å². The molecule has 31 heavy (non-hydrogen) atoms. The van der Waals surface area contributed by atoms with Gasteiger partial charge in [0.05, 0.1) is 15.4 Å². The summed E-state index contributed by atoms with van der Waals surface area (Å²) in [6.45, 7) is 2.80. The van der Waals surface area contributed by atoms with Crippen molar-refractivity contribution < 1.29 is 24.2 Å².